The fraction of sp³-hybridized carbons (Fsp3) is 0.667. The van der Waals surface area contributed by atoms with Crippen molar-refractivity contribution in [3.05, 3.63) is 21.4 Å². The van der Waals surface area contributed by atoms with Crippen molar-refractivity contribution in [2.75, 3.05) is 6.54 Å². The van der Waals surface area contributed by atoms with E-state index < -0.39 is 0 Å². The summed E-state index contributed by atoms with van der Waals surface area (Å²) in [5.41, 5.74) is 7.26. The van der Waals surface area contributed by atoms with E-state index in [4.69, 9.17) is 5.73 Å². The summed E-state index contributed by atoms with van der Waals surface area (Å²) in [4.78, 5) is 17.2. The van der Waals surface area contributed by atoms with Crippen LogP contribution in [0.1, 0.15) is 52.7 Å². The van der Waals surface area contributed by atoms with Crippen LogP contribution in [0.2, 0.25) is 0 Å². The van der Waals surface area contributed by atoms with E-state index in [-0.39, 0.29) is 11.9 Å². The van der Waals surface area contributed by atoms with Crippen molar-refractivity contribution in [3.63, 3.8) is 0 Å². The average Bonchev–Trinajstić information content (AvgIpc) is 2.98. The molecular formula is C15H22N2OS. The summed E-state index contributed by atoms with van der Waals surface area (Å²) >= 11 is 1.71. The molecule has 2 atom stereocenters. The molecule has 1 saturated heterocycles. The van der Waals surface area contributed by atoms with E-state index in [9.17, 15) is 4.79 Å². The van der Waals surface area contributed by atoms with Gasteiger partial charge in [0.05, 0.1) is 4.88 Å². The molecule has 1 aromatic heterocycles. The van der Waals surface area contributed by atoms with Gasteiger partial charge >= 0.3 is 0 Å². The molecule has 19 heavy (non-hydrogen) atoms. The van der Waals surface area contributed by atoms with Crippen LogP contribution in [0, 0.1) is 0 Å². The Hall–Kier alpha value is -0.870. The van der Waals surface area contributed by atoms with Gasteiger partial charge in [0, 0.05) is 23.5 Å². The number of piperidine rings is 1. The van der Waals surface area contributed by atoms with Gasteiger partial charge in [0.1, 0.15) is 0 Å². The zero-order chi connectivity index (χ0) is 13.4. The number of carbonyl (C=O) groups is 1. The molecule has 0 spiro atoms. The zero-order valence-corrected chi connectivity index (χ0v) is 12.3. The molecule has 0 bridgehead atoms. The molecule has 2 aliphatic rings. The first-order valence-electron chi connectivity index (χ1n) is 7.35. The largest absolute Gasteiger partial charge is 0.331 e. The van der Waals surface area contributed by atoms with Crippen molar-refractivity contribution in [1.82, 2.24) is 4.90 Å². The van der Waals surface area contributed by atoms with Gasteiger partial charge in [-0.3, -0.25) is 4.79 Å². The van der Waals surface area contributed by atoms with Crippen LogP contribution in [0.15, 0.2) is 6.07 Å². The van der Waals surface area contributed by atoms with Crippen molar-refractivity contribution in [3.8, 4) is 0 Å². The lowest BCUT2D eigenvalue weighted by Crippen LogP contribution is -2.51. The molecule has 0 radical (unpaired) electrons. The minimum absolute atomic E-state index is 0.210. The summed E-state index contributed by atoms with van der Waals surface area (Å²) in [6, 6.07) is 2.68. The van der Waals surface area contributed by atoms with Crippen LogP contribution in [-0.4, -0.2) is 29.4 Å². The van der Waals surface area contributed by atoms with Gasteiger partial charge in [0.15, 0.2) is 0 Å². The van der Waals surface area contributed by atoms with Gasteiger partial charge in [-0.1, -0.05) is 0 Å². The second kappa shape index (κ2) is 5.25. The molecular weight excluding hydrogens is 256 g/mol. The second-order valence-corrected chi connectivity index (χ2v) is 6.93. The lowest BCUT2D eigenvalue weighted by molar-refractivity contribution is 0.0499. The molecule has 2 unspecified atom stereocenters. The number of amides is 1. The van der Waals surface area contributed by atoms with Gasteiger partial charge in [-0.2, -0.15) is 0 Å². The molecule has 2 heterocycles. The average molecular weight is 278 g/mol. The van der Waals surface area contributed by atoms with Gasteiger partial charge in [0.2, 0.25) is 0 Å². The fourth-order valence-corrected chi connectivity index (χ4v) is 4.64. The number of aryl methyl sites for hydroxylation is 2. The fourth-order valence-electron chi connectivity index (χ4n) is 3.45. The highest BCUT2D eigenvalue weighted by Crippen LogP contribution is 2.33. The number of carbonyl (C=O) groups excluding carboxylic acids is 1. The number of hydrogen-bond acceptors (Lipinski definition) is 3. The van der Waals surface area contributed by atoms with Gasteiger partial charge in [-0.25, -0.2) is 0 Å². The minimum atomic E-state index is 0.210. The standard InChI is InChI=1S/C15H22N2OS/c1-10-4-2-6-12(9-16)17(10)15(18)14-8-11-5-3-7-13(11)19-14/h8,10,12H,2-7,9,16H2,1H3. The first-order chi connectivity index (χ1) is 9.20. The molecule has 3 nitrogen and oxygen atoms in total. The van der Waals surface area contributed by atoms with Crippen LogP contribution in [0.3, 0.4) is 0 Å². The van der Waals surface area contributed by atoms with Gasteiger partial charge < -0.3 is 10.6 Å². The Balaban J connectivity index is 1.84. The quantitative estimate of drug-likeness (QED) is 0.904. The van der Waals surface area contributed by atoms with Crippen LogP contribution < -0.4 is 5.73 Å². The van der Waals surface area contributed by atoms with Crippen LogP contribution >= 0.6 is 11.3 Å². The number of rotatable bonds is 2. The maximum absolute atomic E-state index is 12.8. The van der Waals surface area contributed by atoms with E-state index in [1.807, 2.05) is 4.90 Å². The molecule has 0 saturated carbocycles. The Labute approximate surface area is 118 Å². The molecule has 4 heteroatoms. The predicted octanol–water partition coefficient (Wildman–Crippen LogP) is 2.58. The van der Waals surface area contributed by atoms with Gasteiger partial charge in [0.25, 0.3) is 5.91 Å². The van der Waals surface area contributed by atoms with E-state index in [1.165, 1.54) is 23.3 Å². The maximum Gasteiger partial charge on any atom is 0.264 e. The zero-order valence-electron chi connectivity index (χ0n) is 11.5. The SMILES string of the molecule is CC1CCCC(CN)N1C(=O)c1cc2c(s1)CCC2. The normalized spacial score (nSPS) is 26.5. The summed E-state index contributed by atoms with van der Waals surface area (Å²) in [5.74, 6) is 0.210. The molecule has 104 valence electrons. The third-order valence-corrected chi connectivity index (χ3v) is 5.72. The van der Waals surface area contributed by atoms with Crippen molar-refractivity contribution in [2.24, 2.45) is 5.73 Å². The first-order valence-corrected chi connectivity index (χ1v) is 8.16. The van der Waals surface area contributed by atoms with Gasteiger partial charge in [-0.15, -0.1) is 11.3 Å². The number of nitrogens with two attached hydrogens (primary N) is 1. The number of nitrogens with zero attached hydrogens (tertiary/aromatic N) is 1. The van der Waals surface area contributed by atoms with E-state index in [0.717, 1.165) is 30.6 Å². The molecule has 1 aliphatic carbocycles. The van der Waals surface area contributed by atoms with Crippen LogP contribution in [0.25, 0.3) is 0 Å². The second-order valence-electron chi connectivity index (χ2n) is 5.79. The third kappa shape index (κ3) is 2.32. The number of hydrogen-bond donors (Lipinski definition) is 1. The van der Waals surface area contributed by atoms with Gasteiger partial charge in [-0.05, 0) is 57.1 Å². The molecule has 0 aromatic carbocycles. The molecule has 1 amide bonds. The van der Waals surface area contributed by atoms with E-state index in [1.54, 1.807) is 11.3 Å². The molecule has 1 fully saturated rings. The van der Waals surface area contributed by atoms with Crippen molar-refractivity contribution >= 4 is 17.2 Å². The van der Waals surface area contributed by atoms with Crippen molar-refractivity contribution in [1.29, 1.82) is 0 Å². The highest BCUT2D eigenvalue weighted by Gasteiger charge is 2.32. The minimum Gasteiger partial charge on any atom is -0.331 e. The Morgan fingerprint density at radius 2 is 2.26 bits per heavy atom. The summed E-state index contributed by atoms with van der Waals surface area (Å²) in [7, 11) is 0. The van der Waals surface area contributed by atoms with Crippen molar-refractivity contribution in [2.45, 2.75) is 57.5 Å². The maximum atomic E-state index is 12.8. The Morgan fingerprint density at radius 3 is 3.00 bits per heavy atom. The smallest absolute Gasteiger partial charge is 0.264 e. The summed E-state index contributed by atoms with van der Waals surface area (Å²) < 4.78 is 0. The Morgan fingerprint density at radius 1 is 1.42 bits per heavy atom. The van der Waals surface area contributed by atoms with Crippen LogP contribution in [0.5, 0.6) is 0 Å². The highest BCUT2D eigenvalue weighted by molar-refractivity contribution is 7.14. The molecule has 3 rings (SSSR count). The van der Waals surface area contributed by atoms with E-state index >= 15 is 0 Å². The van der Waals surface area contributed by atoms with Crippen LogP contribution in [0.4, 0.5) is 0 Å². The number of fused-ring (bicyclic) bond motifs is 1. The lowest BCUT2D eigenvalue weighted by Gasteiger charge is -2.40. The van der Waals surface area contributed by atoms with E-state index in [0.29, 0.717) is 12.6 Å². The first kappa shape index (κ1) is 13.1. The number of thiophene rings is 1. The lowest BCUT2D eigenvalue weighted by atomic mass is 9.96. The summed E-state index contributed by atoms with van der Waals surface area (Å²) in [6.45, 7) is 2.74. The Kier molecular flexibility index (Phi) is 3.63. The molecule has 1 aromatic rings. The number of likely N-dealkylation sites (tertiary alicyclic amines) is 1. The highest BCUT2D eigenvalue weighted by atomic mass is 32.1. The predicted molar refractivity (Wildman–Crippen MR) is 78.7 cm³/mol. The Bertz CT molecular complexity index is 461. The summed E-state index contributed by atoms with van der Waals surface area (Å²) in [5, 5.41) is 0. The monoisotopic (exact) mass is 278 g/mol. The topological polar surface area (TPSA) is 46.3 Å². The molecule has 2 N–H and O–H groups in total. The van der Waals surface area contributed by atoms with Crippen molar-refractivity contribution < 1.29 is 4.79 Å². The third-order valence-electron chi connectivity index (χ3n) is 4.49. The molecule has 1 aliphatic heterocycles. The van der Waals surface area contributed by atoms with E-state index in [2.05, 4.69) is 13.0 Å². The van der Waals surface area contributed by atoms with Crippen LogP contribution in [-0.2, 0) is 12.8 Å². The summed E-state index contributed by atoms with van der Waals surface area (Å²) in [6.07, 6.45) is 6.90.